The van der Waals surface area contributed by atoms with Gasteiger partial charge in [0.05, 0.1) is 4.92 Å². The number of non-ortho nitro benzene ring substituents is 1. The summed E-state index contributed by atoms with van der Waals surface area (Å²) >= 11 is 3.04. The molecule has 7 nitrogen and oxygen atoms in total. The van der Waals surface area contributed by atoms with Crippen LogP contribution in [0.25, 0.3) is 0 Å². The number of benzene rings is 1. The van der Waals surface area contributed by atoms with Crippen LogP contribution in [-0.2, 0) is 4.79 Å². The molecule has 2 N–H and O–H groups in total. The average molecular weight is 317 g/mol. The predicted octanol–water partition coefficient (Wildman–Crippen LogP) is 1.56. The SMILES string of the molecule is C[C@@H](NC(=O)c1cc(Br)cc([N+](=O)[O-])c1)C(=O)O. The van der Waals surface area contributed by atoms with Gasteiger partial charge >= 0.3 is 5.97 Å². The zero-order valence-corrected chi connectivity index (χ0v) is 10.8. The number of nitrogens with zero attached hydrogens (tertiary/aromatic N) is 1. The maximum Gasteiger partial charge on any atom is 0.325 e. The lowest BCUT2D eigenvalue weighted by Crippen LogP contribution is -2.38. The molecular weight excluding hydrogens is 308 g/mol. The van der Waals surface area contributed by atoms with Crippen LogP contribution in [0, 0.1) is 10.1 Å². The molecule has 8 heteroatoms. The lowest BCUT2D eigenvalue weighted by atomic mass is 10.2. The topological polar surface area (TPSA) is 110 Å². The highest BCUT2D eigenvalue weighted by molar-refractivity contribution is 9.10. The molecular formula is C10H9BrN2O5. The van der Waals surface area contributed by atoms with E-state index in [9.17, 15) is 19.7 Å². The molecule has 0 spiro atoms. The van der Waals surface area contributed by atoms with Gasteiger partial charge in [-0.3, -0.25) is 19.7 Å². The second kappa shape index (κ2) is 5.58. The number of hydrogen-bond donors (Lipinski definition) is 2. The summed E-state index contributed by atoms with van der Waals surface area (Å²) in [5, 5.41) is 21.5. The largest absolute Gasteiger partial charge is 0.480 e. The molecule has 1 aromatic carbocycles. The molecule has 1 amide bonds. The lowest BCUT2D eigenvalue weighted by molar-refractivity contribution is -0.385. The summed E-state index contributed by atoms with van der Waals surface area (Å²) in [6.07, 6.45) is 0. The third-order valence-electron chi connectivity index (χ3n) is 2.07. The molecule has 0 radical (unpaired) electrons. The van der Waals surface area contributed by atoms with Gasteiger partial charge in [0.1, 0.15) is 6.04 Å². The summed E-state index contributed by atoms with van der Waals surface area (Å²) in [7, 11) is 0. The van der Waals surface area contributed by atoms with E-state index in [1.54, 1.807) is 0 Å². The molecule has 0 fully saturated rings. The first-order valence-corrected chi connectivity index (χ1v) is 5.59. The monoisotopic (exact) mass is 316 g/mol. The Bertz CT molecular complexity index is 517. The van der Waals surface area contributed by atoms with Gasteiger partial charge in [0.15, 0.2) is 0 Å². The van der Waals surface area contributed by atoms with Crippen LogP contribution in [0.5, 0.6) is 0 Å². The summed E-state index contributed by atoms with van der Waals surface area (Å²) in [5.74, 6) is -1.87. The fourth-order valence-electron chi connectivity index (χ4n) is 1.15. The minimum Gasteiger partial charge on any atom is -0.480 e. The Kier molecular flexibility index (Phi) is 4.38. The number of amides is 1. The molecule has 96 valence electrons. The van der Waals surface area contributed by atoms with E-state index >= 15 is 0 Å². The number of halogens is 1. The maximum atomic E-state index is 11.7. The molecule has 1 atom stereocenters. The first-order valence-electron chi connectivity index (χ1n) is 4.80. The van der Waals surface area contributed by atoms with Gasteiger partial charge in [0.2, 0.25) is 0 Å². The van der Waals surface area contributed by atoms with Crippen molar-refractivity contribution in [1.29, 1.82) is 0 Å². The van der Waals surface area contributed by atoms with Gasteiger partial charge in [-0.05, 0) is 13.0 Å². The number of nitro benzene ring substituents is 1. The van der Waals surface area contributed by atoms with Gasteiger partial charge in [0, 0.05) is 22.2 Å². The number of rotatable bonds is 4. The standard InChI is InChI=1S/C10H9BrN2O5/c1-5(10(15)16)12-9(14)6-2-7(11)4-8(3-6)13(17)18/h2-5H,1H3,(H,12,14)(H,15,16)/t5-/m1/s1. The first-order chi connectivity index (χ1) is 8.31. The van der Waals surface area contributed by atoms with Crippen molar-refractivity contribution in [2.75, 3.05) is 0 Å². The molecule has 0 aromatic heterocycles. The molecule has 1 rings (SSSR count). The molecule has 0 saturated heterocycles. The van der Waals surface area contributed by atoms with Gasteiger partial charge in [-0.25, -0.2) is 0 Å². The third kappa shape index (κ3) is 3.52. The zero-order chi connectivity index (χ0) is 13.9. The van der Waals surface area contributed by atoms with Gasteiger partial charge in [-0.1, -0.05) is 15.9 Å². The van der Waals surface area contributed by atoms with Crippen LogP contribution in [0.3, 0.4) is 0 Å². The highest BCUT2D eigenvalue weighted by Crippen LogP contribution is 2.21. The van der Waals surface area contributed by atoms with E-state index < -0.39 is 22.8 Å². The molecule has 0 heterocycles. The minimum atomic E-state index is -1.19. The van der Waals surface area contributed by atoms with Crippen molar-refractivity contribution in [1.82, 2.24) is 5.32 Å². The number of hydrogen-bond acceptors (Lipinski definition) is 4. The number of carbonyl (C=O) groups is 2. The Morgan fingerprint density at radius 3 is 2.56 bits per heavy atom. The van der Waals surface area contributed by atoms with Crippen LogP contribution in [-0.4, -0.2) is 27.9 Å². The number of carboxylic acid groups (broad SMARTS) is 1. The van der Waals surface area contributed by atoms with Crippen LogP contribution in [0.1, 0.15) is 17.3 Å². The van der Waals surface area contributed by atoms with E-state index in [0.29, 0.717) is 4.47 Å². The van der Waals surface area contributed by atoms with Crippen molar-refractivity contribution in [3.05, 3.63) is 38.3 Å². The fourth-order valence-corrected chi connectivity index (χ4v) is 1.63. The Morgan fingerprint density at radius 1 is 1.44 bits per heavy atom. The molecule has 0 aliphatic carbocycles. The van der Waals surface area contributed by atoms with E-state index in [0.717, 1.165) is 6.07 Å². The number of aliphatic carboxylic acids is 1. The minimum absolute atomic E-state index is 0.0178. The Balaban J connectivity index is 2.99. The molecule has 0 unspecified atom stereocenters. The third-order valence-corrected chi connectivity index (χ3v) is 2.53. The smallest absolute Gasteiger partial charge is 0.325 e. The second-order valence-corrected chi connectivity index (χ2v) is 4.40. The summed E-state index contributed by atoms with van der Waals surface area (Å²) < 4.78 is 0.366. The van der Waals surface area contributed by atoms with Crippen molar-refractivity contribution >= 4 is 33.5 Å². The van der Waals surface area contributed by atoms with Crippen molar-refractivity contribution in [2.24, 2.45) is 0 Å². The van der Waals surface area contributed by atoms with Gasteiger partial charge < -0.3 is 10.4 Å². The number of carboxylic acids is 1. The summed E-state index contributed by atoms with van der Waals surface area (Å²) in [4.78, 5) is 32.2. The molecule has 0 aliphatic heterocycles. The Labute approximate surface area is 110 Å². The zero-order valence-electron chi connectivity index (χ0n) is 9.21. The van der Waals surface area contributed by atoms with E-state index in [-0.39, 0.29) is 11.3 Å². The maximum absolute atomic E-state index is 11.7. The van der Waals surface area contributed by atoms with Crippen molar-refractivity contribution in [2.45, 2.75) is 13.0 Å². The van der Waals surface area contributed by atoms with Gasteiger partial charge in [-0.2, -0.15) is 0 Å². The van der Waals surface area contributed by atoms with E-state index in [4.69, 9.17) is 5.11 Å². The van der Waals surface area contributed by atoms with Crippen molar-refractivity contribution < 1.29 is 19.6 Å². The van der Waals surface area contributed by atoms with E-state index in [2.05, 4.69) is 21.2 Å². The molecule has 0 saturated carbocycles. The number of carbonyl (C=O) groups excluding carboxylic acids is 1. The number of nitrogens with one attached hydrogen (secondary N) is 1. The van der Waals surface area contributed by atoms with Crippen LogP contribution < -0.4 is 5.32 Å². The summed E-state index contributed by atoms with van der Waals surface area (Å²) in [6.45, 7) is 1.30. The van der Waals surface area contributed by atoms with Gasteiger partial charge in [0.25, 0.3) is 11.6 Å². The Hall–Kier alpha value is -1.96. The molecule has 1 aromatic rings. The second-order valence-electron chi connectivity index (χ2n) is 3.49. The first kappa shape index (κ1) is 14.1. The molecule has 0 aliphatic rings. The van der Waals surface area contributed by atoms with E-state index in [1.807, 2.05) is 0 Å². The average Bonchev–Trinajstić information content (AvgIpc) is 2.27. The summed E-state index contributed by atoms with van der Waals surface area (Å²) in [6, 6.07) is 2.62. The van der Waals surface area contributed by atoms with E-state index in [1.165, 1.54) is 19.1 Å². The Morgan fingerprint density at radius 2 is 2.06 bits per heavy atom. The lowest BCUT2D eigenvalue weighted by Gasteiger charge is -2.09. The fraction of sp³-hybridized carbons (Fsp3) is 0.200. The quantitative estimate of drug-likeness (QED) is 0.647. The summed E-state index contributed by atoms with van der Waals surface area (Å²) in [5.41, 5.74) is -0.235. The van der Waals surface area contributed by atoms with Crippen LogP contribution in [0.4, 0.5) is 5.69 Å². The predicted molar refractivity (Wildman–Crippen MR) is 65.4 cm³/mol. The molecule has 0 bridgehead atoms. The highest BCUT2D eigenvalue weighted by atomic mass is 79.9. The molecule has 18 heavy (non-hydrogen) atoms. The van der Waals surface area contributed by atoms with Gasteiger partial charge in [-0.15, -0.1) is 0 Å². The van der Waals surface area contributed by atoms with Crippen LogP contribution in [0.15, 0.2) is 22.7 Å². The normalized spacial score (nSPS) is 11.7. The van der Waals surface area contributed by atoms with Crippen LogP contribution in [0.2, 0.25) is 0 Å². The number of nitro groups is 1. The highest BCUT2D eigenvalue weighted by Gasteiger charge is 2.18. The van der Waals surface area contributed by atoms with Crippen LogP contribution >= 0.6 is 15.9 Å². The van der Waals surface area contributed by atoms with Crippen molar-refractivity contribution in [3.63, 3.8) is 0 Å². The van der Waals surface area contributed by atoms with Crippen molar-refractivity contribution in [3.8, 4) is 0 Å².